The number of amides is 2. The second-order valence-electron chi connectivity index (χ2n) is 10.8. The van der Waals surface area contributed by atoms with Gasteiger partial charge in [-0.2, -0.15) is 0 Å². The first-order valence-corrected chi connectivity index (χ1v) is 14.8. The Morgan fingerprint density at radius 2 is 1.81 bits per heavy atom. The maximum Gasteiger partial charge on any atom is 0.325 e. The molecular formula is C33H40N6O4. The van der Waals surface area contributed by atoms with Gasteiger partial charge in [0.15, 0.2) is 0 Å². The third-order valence-corrected chi connectivity index (χ3v) is 8.09. The Kier molecular flexibility index (Phi) is 10.0. The number of nitrogens with zero attached hydrogens (tertiary/aromatic N) is 4. The standard InChI is InChI=1S/C33H40N6O4/c1-34-33(42)39-18-13-27-22-28(8-9-30(27)39)38(15-3-21-43-2)29-10-14-35-31(23-29)36-32(41)26-6-4-24(5-7-26)25-11-16-37(17-12-25)19-20-40/h4-10,13-14,18,22-23,25,40H,3,11-12,15-17,19-21H2,1-2H3,(H,34,42)(H,35,36,41). The second kappa shape index (κ2) is 14.3. The second-order valence-corrected chi connectivity index (χ2v) is 10.8. The SMILES string of the molecule is CNC(=O)n1ccc2cc(N(CCCOC)c3ccnc(NC(=O)c4ccc(C5CCN(CCO)CC5)cc4)c3)ccc21. The predicted molar refractivity (Wildman–Crippen MR) is 169 cm³/mol. The molecule has 0 radical (unpaired) electrons. The number of hydrogen-bond donors (Lipinski definition) is 3. The van der Waals surface area contributed by atoms with Crippen molar-refractivity contribution < 1.29 is 19.4 Å². The van der Waals surface area contributed by atoms with Gasteiger partial charge in [0.25, 0.3) is 5.91 Å². The van der Waals surface area contributed by atoms with E-state index in [-0.39, 0.29) is 18.5 Å². The molecule has 3 heterocycles. The van der Waals surface area contributed by atoms with Crippen molar-refractivity contribution in [2.75, 3.05) is 63.8 Å². The average Bonchev–Trinajstić information content (AvgIpc) is 3.47. The molecule has 10 heteroatoms. The fraction of sp³-hybridized carbons (Fsp3) is 0.364. The van der Waals surface area contributed by atoms with Crippen molar-refractivity contribution in [3.05, 3.63) is 84.2 Å². The summed E-state index contributed by atoms with van der Waals surface area (Å²) in [6.45, 7) is 4.19. The molecule has 2 aromatic carbocycles. The first kappa shape index (κ1) is 30.2. The Morgan fingerprint density at radius 3 is 2.53 bits per heavy atom. The van der Waals surface area contributed by atoms with Crippen molar-refractivity contribution in [3.63, 3.8) is 0 Å². The van der Waals surface area contributed by atoms with Crippen LogP contribution < -0.4 is 15.5 Å². The molecule has 0 aliphatic carbocycles. The molecular weight excluding hydrogens is 544 g/mol. The highest BCUT2D eigenvalue weighted by Crippen LogP contribution is 2.31. The number of likely N-dealkylation sites (tertiary alicyclic amines) is 1. The van der Waals surface area contributed by atoms with E-state index < -0.39 is 0 Å². The lowest BCUT2D eigenvalue weighted by molar-refractivity contribution is 0.102. The molecule has 0 saturated carbocycles. The van der Waals surface area contributed by atoms with E-state index >= 15 is 0 Å². The lowest BCUT2D eigenvalue weighted by atomic mass is 9.89. The Bertz CT molecular complexity index is 1530. The summed E-state index contributed by atoms with van der Waals surface area (Å²) in [4.78, 5) is 34.3. The van der Waals surface area contributed by atoms with E-state index in [1.54, 1.807) is 31.1 Å². The van der Waals surface area contributed by atoms with Gasteiger partial charge in [0.1, 0.15) is 5.82 Å². The van der Waals surface area contributed by atoms with Crippen molar-refractivity contribution in [3.8, 4) is 0 Å². The van der Waals surface area contributed by atoms with Crippen LogP contribution in [0.15, 0.2) is 73.1 Å². The topological polar surface area (TPSA) is 112 Å². The summed E-state index contributed by atoms with van der Waals surface area (Å²) < 4.78 is 6.89. The van der Waals surface area contributed by atoms with Gasteiger partial charge in [0.2, 0.25) is 0 Å². The van der Waals surface area contributed by atoms with Crippen LogP contribution in [-0.4, -0.2) is 85.0 Å². The van der Waals surface area contributed by atoms with Gasteiger partial charge in [-0.15, -0.1) is 0 Å². The molecule has 0 spiro atoms. The van der Waals surface area contributed by atoms with Gasteiger partial charge in [0, 0.05) is 74.6 Å². The fourth-order valence-corrected chi connectivity index (χ4v) is 5.75. The van der Waals surface area contributed by atoms with Crippen molar-refractivity contribution >= 4 is 40.0 Å². The zero-order valence-electron chi connectivity index (χ0n) is 24.8. The molecule has 0 unspecified atom stereocenters. The minimum Gasteiger partial charge on any atom is -0.395 e. The summed E-state index contributed by atoms with van der Waals surface area (Å²) >= 11 is 0. The van der Waals surface area contributed by atoms with Gasteiger partial charge >= 0.3 is 6.03 Å². The monoisotopic (exact) mass is 584 g/mol. The number of pyridine rings is 1. The van der Waals surface area contributed by atoms with Gasteiger partial charge in [-0.3, -0.25) is 9.36 Å². The molecule has 1 aliphatic heterocycles. The van der Waals surface area contributed by atoms with Crippen molar-refractivity contribution in [1.29, 1.82) is 0 Å². The van der Waals surface area contributed by atoms with Crippen LogP contribution in [0.2, 0.25) is 0 Å². The van der Waals surface area contributed by atoms with E-state index in [1.165, 1.54) is 5.56 Å². The summed E-state index contributed by atoms with van der Waals surface area (Å²) in [6, 6.07) is 19.4. The number of β-amino-alcohol motifs (C(OH)–C–C–N with tert-alkyl or cyclic N) is 1. The first-order valence-electron chi connectivity index (χ1n) is 14.8. The van der Waals surface area contributed by atoms with Gasteiger partial charge < -0.3 is 30.3 Å². The number of ether oxygens (including phenoxy) is 1. The number of nitrogens with one attached hydrogen (secondary N) is 2. The number of anilines is 3. The molecule has 4 aromatic rings. The van der Waals surface area contributed by atoms with E-state index in [2.05, 4.69) is 43.6 Å². The van der Waals surface area contributed by atoms with E-state index in [9.17, 15) is 14.7 Å². The van der Waals surface area contributed by atoms with Crippen LogP contribution in [-0.2, 0) is 4.74 Å². The molecule has 1 fully saturated rings. The Hall–Kier alpha value is -4.25. The van der Waals surface area contributed by atoms with Crippen LogP contribution in [0.5, 0.6) is 0 Å². The van der Waals surface area contributed by atoms with Gasteiger partial charge in [-0.25, -0.2) is 9.78 Å². The maximum atomic E-state index is 13.2. The highest BCUT2D eigenvalue weighted by molar-refractivity contribution is 6.04. The number of fused-ring (bicyclic) bond motifs is 1. The minimum atomic E-state index is -0.211. The summed E-state index contributed by atoms with van der Waals surface area (Å²) in [7, 11) is 3.30. The first-order chi connectivity index (χ1) is 21.0. The predicted octanol–water partition coefficient (Wildman–Crippen LogP) is 4.82. The molecule has 226 valence electrons. The van der Waals surface area contributed by atoms with Gasteiger partial charge in [-0.05, 0) is 86.3 Å². The minimum absolute atomic E-state index is 0.191. The molecule has 1 saturated heterocycles. The molecule has 0 atom stereocenters. The number of hydrogen-bond acceptors (Lipinski definition) is 7. The number of benzene rings is 2. The highest BCUT2D eigenvalue weighted by Gasteiger charge is 2.21. The quantitative estimate of drug-likeness (QED) is 0.217. The lowest BCUT2D eigenvalue weighted by Crippen LogP contribution is -2.34. The highest BCUT2D eigenvalue weighted by atomic mass is 16.5. The number of rotatable bonds is 11. The van der Waals surface area contributed by atoms with Crippen molar-refractivity contribution in [2.45, 2.75) is 25.2 Å². The summed E-state index contributed by atoms with van der Waals surface area (Å²) in [5.74, 6) is 0.722. The zero-order valence-corrected chi connectivity index (χ0v) is 24.8. The van der Waals surface area contributed by atoms with Crippen LogP contribution in [0.4, 0.5) is 22.0 Å². The fourth-order valence-electron chi connectivity index (χ4n) is 5.75. The zero-order chi connectivity index (χ0) is 30.2. The normalized spacial score (nSPS) is 14.1. The molecule has 2 aromatic heterocycles. The number of aliphatic hydroxyl groups excluding tert-OH is 1. The Morgan fingerprint density at radius 1 is 1.05 bits per heavy atom. The molecule has 3 N–H and O–H groups in total. The Labute approximate surface area is 252 Å². The molecule has 10 nitrogen and oxygen atoms in total. The van der Waals surface area contributed by atoms with Crippen molar-refractivity contribution in [1.82, 2.24) is 19.8 Å². The van der Waals surface area contributed by atoms with Crippen LogP contribution in [0.1, 0.15) is 41.1 Å². The van der Waals surface area contributed by atoms with Crippen molar-refractivity contribution in [2.24, 2.45) is 0 Å². The molecule has 2 amide bonds. The van der Waals surface area contributed by atoms with Gasteiger partial charge in [0.05, 0.1) is 12.1 Å². The number of carbonyl (C=O) groups is 2. The lowest BCUT2D eigenvalue weighted by Gasteiger charge is -2.31. The van der Waals surface area contributed by atoms with Crippen LogP contribution in [0.3, 0.4) is 0 Å². The number of aliphatic hydroxyl groups is 1. The summed E-state index contributed by atoms with van der Waals surface area (Å²) in [5, 5.41) is 15.8. The largest absolute Gasteiger partial charge is 0.395 e. The van der Waals surface area contributed by atoms with Crippen LogP contribution in [0, 0.1) is 0 Å². The maximum absolute atomic E-state index is 13.2. The number of piperidine rings is 1. The van der Waals surface area contributed by atoms with E-state index in [4.69, 9.17) is 4.74 Å². The van der Waals surface area contributed by atoms with Crippen LogP contribution >= 0.6 is 0 Å². The number of carbonyl (C=O) groups excluding carboxylic acids is 2. The third-order valence-electron chi connectivity index (χ3n) is 8.09. The Balaban J connectivity index is 1.30. The molecule has 5 rings (SSSR count). The van der Waals surface area contributed by atoms with Crippen LogP contribution in [0.25, 0.3) is 10.9 Å². The molecule has 43 heavy (non-hydrogen) atoms. The number of methoxy groups -OCH3 is 1. The number of aromatic nitrogens is 2. The molecule has 1 aliphatic rings. The van der Waals surface area contributed by atoms with E-state index in [1.807, 2.05) is 42.5 Å². The van der Waals surface area contributed by atoms with E-state index in [0.29, 0.717) is 30.5 Å². The summed E-state index contributed by atoms with van der Waals surface area (Å²) in [5.41, 5.74) is 4.49. The average molecular weight is 585 g/mol. The molecule has 0 bridgehead atoms. The van der Waals surface area contributed by atoms with E-state index in [0.717, 1.165) is 61.2 Å². The smallest absolute Gasteiger partial charge is 0.325 e. The third kappa shape index (κ3) is 7.22. The summed E-state index contributed by atoms with van der Waals surface area (Å²) in [6.07, 6.45) is 6.36. The van der Waals surface area contributed by atoms with Gasteiger partial charge in [-0.1, -0.05) is 12.1 Å².